The lowest BCUT2D eigenvalue weighted by molar-refractivity contribution is 0.262. The molecule has 0 heterocycles. The predicted octanol–water partition coefficient (Wildman–Crippen LogP) is 4.16. The van der Waals surface area contributed by atoms with Gasteiger partial charge in [-0.3, -0.25) is 18.2 Å². The molecular formula is C24H21N4O12PS3. The van der Waals surface area contributed by atoms with Crippen molar-refractivity contribution in [3.63, 3.8) is 0 Å². The summed E-state index contributed by atoms with van der Waals surface area (Å²) in [5.41, 5.74) is 0.397. The zero-order valence-corrected chi connectivity index (χ0v) is 25.4. The standard InChI is InChI=1S/C24H21N4O12PS3/c1-41(30,31)18-4-2-3-16(9-18)26-24(29)25-14-5-7-15(8-6-14)27-28-17-10-20-21(22(11-17)43(35,36)37)12-19(42(32,33)34)13-23(20)44(38,39)40/h2-13H,1H3,(H,30,31)(H2,25,26,29)(H,32,33,34)(H,35,36,37)(H,38,39,40). The molecule has 232 valence electrons. The molecule has 0 fully saturated rings. The van der Waals surface area contributed by atoms with Gasteiger partial charge in [-0.25, -0.2) is 4.79 Å². The number of hydrogen-bond acceptors (Lipinski definition) is 10. The van der Waals surface area contributed by atoms with Crippen LogP contribution in [0.3, 0.4) is 0 Å². The fraction of sp³-hybridized carbons (Fsp3) is 0.0417. The molecule has 0 aromatic heterocycles. The van der Waals surface area contributed by atoms with E-state index >= 15 is 0 Å². The normalized spacial score (nSPS) is 13.9. The van der Waals surface area contributed by atoms with Crippen LogP contribution in [0.4, 0.5) is 27.5 Å². The van der Waals surface area contributed by atoms with Crippen LogP contribution in [0, 0.1) is 0 Å². The number of nitrogens with one attached hydrogen (secondary N) is 2. The average molecular weight is 685 g/mol. The van der Waals surface area contributed by atoms with E-state index in [-0.39, 0.29) is 22.4 Å². The van der Waals surface area contributed by atoms with Gasteiger partial charge in [-0.1, -0.05) is 6.07 Å². The summed E-state index contributed by atoms with van der Waals surface area (Å²) in [6.07, 6.45) is 0. The Hall–Kier alpha value is -4.07. The van der Waals surface area contributed by atoms with Crippen molar-refractivity contribution in [3.8, 4) is 0 Å². The monoisotopic (exact) mass is 684 g/mol. The van der Waals surface area contributed by atoms with Gasteiger partial charge in [0.15, 0.2) is 0 Å². The third-order valence-electron chi connectivity index (χ3n) is 5.80. The highest BCUT2D eigenvalue weighted by molar-refractivity contribution is 7.87. The molecular weight excluding hydrogens is 663 g/mol. The van der Waals surface area contributed by atoms with Crippen molar-refractivity contribution in [1.82, 2.24) is 0 Å². The molecule has 1 unspecified atom stereocenters. The third-order valence-corrected chi connectivity index (χ3v) is 9.65. The van der Waals surface area contributed by atoms with Crippen LogP contribution in [0.1, 0.15) is 0 Å². The molecule has 4 rings (SSSR count). The molecule has 44 heavy (non-hydrogen) atoms. The summed E-state index contributed by atoms with van der Waals surface area (Å²) < 4.78 is 112. The molecule has 2 amide bonds. The Morgan fingerprint density at radius 3 is 1.80 bits per heavy atom. The number of rotatable bonds is 8. The third kappa shape index (κ3) is 7.90. The van der Waals surface area contributed by atoms with Crippen LogP contribution >= 0.6 is 7.37 Å². The van der Waals surface area contributed by atoms with E-state index in [1.807, 2.05) is 0 Å². The van der Waals surface area contributed by atoms with E-state index in [0.29, 0.717) is 17.8 Å². The van der Waals surface area contributed by atoms with Gasteiger partial charge in [0, 0.05) is 34.1 Å². The minimum absolute atomic E-state index is 0.150. The van der Waals surface area contributed by atoms with Crippen molar-refractivity contribution in [3.05, 3.63) is 72.8 Å². The summed E-state index contributed by atoms with van der Waals surface area (Å²) in [6.45, 7) is 1.16. The molecule has 4 aromatic rings. The summed E-state index contributed by atoms with van der Waals surface area (Å²) in [4.78, 5) is 18.9. The van der Waals surface area contributed by atoms with Gasteiger partial charge < -0.3 is 15.5 Å². The van der Waals surface area contributed by atoms with E-state index in [2.05, 4.69) is 20.9 Å². The lowest BCUT2D eigenvalue weighted by atomic mass is 10.1. The van der Waals surface area contributed by atoms with Crippen molar-refractivity contribution in [1.29, 1.82) is 0 Å². The van der Waals surface area contributed by atoms with Crippen molar-refractivity contribution in [2.45, 2.75) is 14.7 Å². The number of benzene rings is 4. The van der Waals surface area contributed by atoms with Crippen LogP contribution in [0.5, 0.6) is 0 Å². The first kappa shape index (κ1) is 32.8. The highest BCUT2D eigenvalue weighted by atomic mass is 32.2. The summed E-state index contributed by atoms with van der Waals surface area (Å²) in [7, 11) is -18.9. The highest BCUT2D eigenvalue weighted by Crippen LogP contribution is 2.36. The molecule has 4 aromatic carbocycles. The lowest BCUT2D eigenvalue weighted by Gasteiger charge is -2.11. The zero-order valence-electron chi connectivity index (χ0n) is 22.0. The van der Waals surface area contributed by atoms with Crippen molar-refractivity contribution in [2.24, 2.45) is 10.2 Å². The molecule has 0 aliphatic rings. The molecule has 6 N–H and O–H groups in total. The maximum absolute atomic E-state index is 12.4. The fourth-order valence-electron chi connectivity index (χ4n) is 3.85. The van der Waals surface area contributed by atoms with Crippen molar-refractivity contribution in [2.75, 3.05) is 17.3 Å². The number of amides is 2. The van der Waals surface area contributed by atoms with Crippen LogP contribution < -0.4 is 15.9 Å². The minimum atomic E-state index is -5.19. The molecule has 0 bridgehead atoms. The van der Waals surface area contributed by atoms with Gasteiger partial charge in [0.25, 0.3) is 30.4 Å². The Morgan fingerprint density at radius 1 is 0.682 bits per heavy atom. The fourth-order valence-corrected chi connectivity index (χ4v) is 6.64. The summed E-state index contributed by atoms with van der Waals surface area (Å²) in [5, 5.41) is 11.7. The first-order valence-corrected chi connectivity index (χ1v) is 18.2. The smallest absolute Gasteiger partial charge is 0.323 e. The van der Waals surface area contributed by atoms with Gasteiger partial charge in [-0.2, -0.15) is 35.5 Å². The Bertz CT molecular complexity index is 2220. The second-order valence-corrected chi connectivity index (χ2v) is 15.6. The quantitative estimate of drug-likeness (QED) is 0.0868. The van der Waals surface area contributed by atoms with Crippen LogP contribution in [0.15, 0.2) is 97.7 Å². The number of nitrogens with zero attached hydrogens (tertiary/aromatic N) is 2. The Kier molecular flexibility index (Phi) is 8.80. The van der Waals surface area contributed by atoms with Gasteiger partial charge in [-0.05, 0) is 66.7 Å². The van der Waals surface area contributed by atoms with Gasteiger partial charge in [0.1, 0.15) is 9.79 Å². The molecule has 0 aliphatic carbocycles. The molecule has 0 aliphatic heterocycles. The Morgan fingerprint density at radius 2 is 1.23 bits per heavy atom. The van der Waals surface area contributed by atoms with Crippen LogP contribution in [-0.4, -0.2) is 56.5 Å². The van der Waals surface area contributed by atoms with Gasteiger partial charge in [0.05, 0.1) is 16.3 Å². The van der Waals surface area contributed by atoms with Gasteiger partial charge in [-0.15, -0.1) is 0 Å². The van der Waals surface area contributed by atoms with Crippen LogP contribution in [0.2, 0.25) is 0 Å². The Balaban J connectivity index is 1.63. The van der Waals surface area contributed by atoms with Crippen molar-refractivity contribution >= 4 is 82.6 Å². The maximum Gasteiger partial charge on any atom is 0.323 e. The number of urea groups is 1. The van der Waals surface area contributed by atoms with Crippen LogP contribution in [-0.2, 0) is 34.9 Å². The molecule has 0 saturated heterocycles. The van der Waals surface area contributed by atoms with Gasteiger partial charge in [0.2, 0.25) is 7.37 Å². The van der Waals surface area contributed by atoms with E-state index in [9.17, 15) is 53.2 Å². The maximum atomic E-state index is 12.4. The molecule has 0 radical (unpaired) electrons. The second kappa shape index (κ2) is 11.8. The molecule has 0 saturated carbocycles. The lowest BCUT2D eigenvalue weighted by Crippen LogP contribution is -2.20. The SMILES string of the molecule is CP(=O)(O)c1cccc(NC(=O)Nc2ccc(N=Nc3cc(S(=O)(=O)O)c4cc(S(=O)(=O)O)cc(S(=O)(=O)O)c4c3)cc2)c1. The summed E-state index contributed by atoms with van der Waals surface area (Å²) in [6, 6.07) is 13.5. The number of azo groups is 1. The molecule has 16 nitrogen and oxygen atoms in total. The summed E-state index contributed by atoms with van der Waals surface area (Å²) in [5.74, 6) is 0. The summed E-state index contributed by atoms with van der Waals surface area (Å²) >= 11 is 0. The first-order chi connectivity index (χ1) is 20.2. The first-order valence-electron chi connectivity index (χ1n) is 11.8. The zero-order chi connectivity index (χ0) is 32.7. The Labute approximate surface area is 250 Å². The largest absolute Gasteiger partial charge is 0.341 e. The van der Waals surface area contributed by atoms with E-state index in [0.717, 1.165) is 18.8 Å². The highest BCUT2D eigenvalue weighted by Gasteiger charge is 2.25. The van der Waals surface area contributed by atoms with Gasteiger partial charge >= 0.3 is 6.03 Å². The number of hydrogen-bond donors (Lipinski definition) is 6. The number of carbonyl (C=O) groups is 1. The molecule has 1 atom stereocenters. The van der Waals surface area contributed by atoms with E-state index < -0.39 is 69.2 Å². The topological polar surface area (TPSA) is 266 Å². The number of anilines is 2. The van der Waals surface area contributed by atoms with Crippen LogP contribution in [0.25, 0.3) is 10.8 Å². The van der Waals surface area contributed by atoms with E-state index in [1.165, 1.54) is 48.5 Å². The number of carbonyl (C=O) groups excluding carboxylic acids is 1. The molecule has 20 heteroatoms. The predicted molar refractivity (Wildman–Crippen MR) is 158 cm³/mol. The molecule has 0 spiro atoms. The average Bonchev–Trinajstić information content (AvgIpc) is 2.89. The van der Waals surface area contributed by atoms with Crippen molar-refractivity contribution < 1.29 is 53.2 Å². The van der Waals surface area contributed by atoms with E-state index in [4.69, 9.17) is 0 Å². The number of fused-ring (bicyclic) bond motifs is 1. The van der Waals surface area contributed by atoms with E-state index in [1.54, 1.807) is 0 Å². The second-order valence-electron chi connectivity index (χ2n) is 9.14. The minimum Gasteiger partial charge on any atom is -0.341 e.